The molecule has 3 N–H and O–H groups in total. The third-order valence-corrected chi connectivity index (χ3v) is 4.64. The number of fused-ring (bicyclic) bond motifs is 1. The van der Waals surface area contributed by atoms with Crippen LogP contribution in [-0.2, 0) is 0 Å². The quantitative estimate of drug-likeness (QED) is 0.609. The lowest BCUT2D eigenvalue weighted by Gasteiger charge is -2.19. The zero-order chi connectivity index (χ0) is 15.0. The first-order chi connectivity index (χ1) is 10.1. The molecule has 5 nitrogen and oxygen atoms in total. The van der Waals surface area contributed by atoms with Gasteiger partial charge in [0.05, 0.1) is 23.3 Å². The summed E-state index contributed by atoms with van der Waals surface area (Å²) < 4.78 is 6.96. The van der Waals surface area contributed by atoms with Crippen molar-refractivity contribution in [1.29, 1.82) is 0 Å². The molecular weight excluding hydrogens is 402 g/mol. The first-order valence-electron chi connectivity index (χ1n) is 6.48. The van der Waals surface area contributed by atoms with Crippen molar-refractivity contribution in [2.75, 3.05) is 6.54 Å². The molecule has 110 valence electrons. The van der Waals surface area contributed by atoms with E-state index in [1.165, 1.54) is 0 Å². The standard InChI is InChI=1S/C14H13Br2N3O2/c1-2-17-12(7-3-4-21-13(7)16)8-5-10-11(6-9(8)15)19-14(20)18-10/h3-6,12,17H,2H2,1H3,(H2,18,19,20). The highest BCUT2D eigenvalue weighted by molar-refractivity contribution is 9.10. The van der Waals surface area contributed by atoms with Gasteiger partial charge in [0, 0.05) is 10.0 Å². The summed E-state index contributed by atoms with van der Waals surface area (Å²) in [5, 5.41) is 3.43. The molecule has 7 heteroatoms. The van der Waals surface area contributed by atoms with Gasteiger partial charge in [0.2, 0.25) is 0 Å². The van der Waals surface area contributed by atoms with Crippen molar-refractivity contribution in [2.45, 2.75) is 13.0 Å². The van der Waals surface area contributed by atoms with Gasteiger partial charge >= 0.3 is 5.69 Å². The molecule has 3 aromatic rings. The minimum Gasteiger partial charge on any atom is -0.457 e. The Bertz CT molecular complexity index is 834. The number of benzene rings is 1. The summed E-state index contributed by atoms with van der Waals surface area (Å²) >= 11 is 7.01. The Balaban J connectivity index is 2.17. The van der Waals surface area contributed by atoms with E-state index >= 15 is 0 Å². The molecular formula is C14H13Br2N3O2. The molecule has 0 saturated heterocycles. The molecule has 0 fully saturated rings. The minimum atomic E-state index is -0.210. The van der Waals surface area contributed by atoms with Gasteiger partial charge in [0.1, 0.15) is 0 Å². The molecule has 1 aromatic carbocycles. The molecule has 21 heavy (non-hydrogen) atoms. The molecule has 0 aliphatic carbocycles. The topological polar surface area (TPSA) is 73.8 Å². The maximum atomic E-state index is 11.4. The van der Waals surface area contributed by atoms with Crippen LogP contribution in [0, 0.1) is 0 Å². The molecule has 3 rings (SSSR count). The summed E-state index contributed by atoms with van der Waals surface area (Å²) in [6.45, 7) is 2.85. The molecule has 1 atom stereocenters. The van der Waals surface area contributed by atoms with Crippen molar-refractivity contribution in [1.82, 2.24) is 15.3 Å². The number of nitrogens with one attached hydrogen (secondary N) is 3. The number of aromatic nitrogens is 2. The lowest BCUT2D eigenvalue weighted by Crippen LogP contribution is -2.22. The summed E-state index contributed by atoms with van der Waals surface area (Å²) in [5.74, 6) is 0. The summed E-state index contributed by atoms with van der Waals surface area (Å²) in [4.78, 5) is 17.0. The highest BCUT2D eigenvalue weighted by Crippen LogP contribution is 2.34. The van der Waals surface area contributed by atoms with Crippen LogP contribution in [-0.4, -0.2) is 16.5 Å². The van der Waals surface area contributed by atoms with E-state index in [0.717, 1.165) is 33.2 Å². The van der Waals surface area contributed by atoms with Crippen LogP contribution in [0.15, 0.2) is 42.8 Å². The van der Waals surface area contributed by atoms with E-state index in [2.05, 4.69) is 47.1 Å². The number of hydrogen-bond acceptors (Lipinski definition) is 3. The van der Waals surface area contributed by atoms with Crippen LogP contribution in [0.3, 0.4) is 0 Å². The Morgan fingerprint density at radius 1 is 1.24 bits per heavy atom. The highest BCUT2D eigenvalue weighted by atomic mass is 79.9. The van der Waals surface area contributed by atoms with Gasteiger partial charge in [0.25, 0.3) is 0 Å². The van der Waals surface area contributed by atoms with Gasteiger partial charge in [-0.3, -0.25) is 0 Å². The van der Waals surface area contributed by atoms with E-state index in [1.807, 2.05) is 25.1 Å². The van der Waals surface area contributed by atoms with Crippen molar-refractivity contribution in [3.63, 3.8) is 0 Å². The second-order valence-corrected chi connectivity index (χ2v) is 6.21. The zero-order valence-corrected chi connectivity index (χ0v) is 14.3. The Kier molecular flexibility index (Phi) is 4.05. The normalized spacial score (nSPS) is 12.9. The van der Waals surface area contributed by atoms with Crippen LogP contribution in [0.1, 0.15) is 24.1 Å². The third-order valence-electron chi connectivity index (χ3n) is 3.31. The second kappa shape index (κ2) is 5.82. The third kappa shape index (κ3) is 2.73. The molecule has 2 aromatic heterocycles. The number of H-pyrrole nitrogens is 2. The summed E-state index contributed by atoms with van der Waals surface area (Å²) in [7, 11) is 0. The lowest BCUT2D eigenvalue weighted by molar-refractivity contribution is 0.526. The van der Waals surface area contributed by atoms with Gasteiger partial charge in [-0.2, -0.15) is 0 Å². The summed E-state index contributed by atoms with van der Waals surface area (Å²) in [6, 6.07) is 5.75. The Morgan fingerprint density at radius 2 is 1.95 bits per heavy atom. The van der Waals surface area contributed by atoms with Gasteiger partial charge in [-0.1, -0.05) is 22.9 Å². The number of rotatable bonds is 4. The van der Waals surface area contributed by atoms with Crippen molar-refractivity contribution in [3.8, 4) is 0 Å². The fraction of sp³-hybridized carbons (Fsp3) is 0.214. The molecule has 0 radical (unpaired) electrons. The Hall–Kier alpha value is -1.31. The highest BCUT2D eigenvalue weighted by Gasteiger charge is 2.21. The maximum Gasteiger partial charge on any atom is 0.323 e. The van der Waals surface area contributed by atoms with E-state index < -0.39 is 0 Å². The predicted octanol–water partition coefficient (Wildman–Crippen LogP) is 3.67. The van der Waals surface area contributed by atoms with Crippen LogP contribution >= 0.6 is 31.9 Å². The SMILES string of the molecule is CCNC(c1cc2[nH]c(=O)[nH]c2cc1Br)c1ccoc1Br. The smallest absolute Gasteiger partial charge is 0.323 e. The van der Waals surface area contributed by atoms with Crippen LogP contribution in [0.4, 0.5) is 0 Å². The first-order valence-corrected chi connectivity index (χ1v) is 8.06. The number of halogens is 2. The predicted molar refractivity (Wildman–Crippen MR) is 88.5 cm³/mol. The monoisotopic (exact) mass is 413 g/mol. The molecule has 2 heterocycles. The van der Waals surface area contributed by atoms with E-state index in [4.69, 9.17) is 4.42 Å². The number of aromatic amines is 2. The maximum absolute atomic E-state index is 11.4. The van der Waals surface area contributed by atoms with Crippen molar-refractivity contribution in [2.24, 2.45) is 0 Å². The van der Waals surface area contributed by atoms with Crippen molar-refractivity contribution >= 4 is 42.9 Å². The summed E-state index contributed by atoms with van der Waals surface area (Å²) in [6.07, 6.45) is 1.65. The summed E-state index contributed by atoms with van der Waals surface area (Å²) in [5.41, 5.74) is 3.38. The van der Waals surface area contributed by atoms with Crippen LogP contribution in [0.25, 0.3) is 11.0 Å². The van der Waals surface area contributed by atoms with Gasteiger partial charge in [-0.25, -0.2) is 4.79 Å². The number of furan rings is 1. The Labute approximate surface area is 137 Å². The fourth-order valence-corrected chi connectivity index (χ4v) is 3.44. The molecule has 0 aliphatic heterocycles. The number of hydrogen-bond donors (Lipinski definition) is 3. The van der Waals surface area contributed by atoms with Crippen LogP contribution in [0.5, 0.6) is 0 Å². The molecule has 0 spiro atoms. The number of imidazole rings is 1. The van der Waals surface area contributed by atoms with Gasteiger partial charge in [-0.05, 0) is 46.2 Å². The van der Waals surface area contributed by atoms with Crippen molar-refractivity contribution in [3.05, 3.63) is 55.2 Å². The Morgan fingerprint density at radius 3 is 2.57 bits per heavy atom. The first kappa shape index (κ1) is 14.6. The molecule has 0 aliphatic rings. The second-order valence-electron chi connectivity index (χ2n) is 4.64. The molecule has 0 bridgehead atoms. The fourth-order valence-electron chi connectivity index (χ4n) is 2.40. The van der Waals surface area contributed by atoms with Gasteiger partial charge < -0.3 is 19.7 Å². The van der Waals surface area contributed by atoms with Crippen LogP contribution in [0.2, 0.25) is 0 Å². The van der Waals surface area contributed by atoms with Gasteiger partial charge in [-0.15, -0.1) is 0 Å². The molecule has 0 amide bonds. The molecule has 1 unspecified atom stereocenters. The average Bonchev–Trinajstić information content (AvgIpc) is 3.00. The largest absolute Gasteiger partial charge is 0.457 e. The van der Waals surface area contributed by atoms with Gasteiger partial charge in [0.15, 0.2) is 4.67 Å². The van der Waals surface area contributed by atoms with E-state index in [0.29, 0.717) is 4.67 Å². The van der Waals surface area contributed by atoms with E-state index in [9.17, 15) is 4.79 Å². The average molecular weight is 415 g/mol. The van der Waals surface area contributed by atoms with Crippen LogP contribution < -0.4 is 11.0 Å². The van der Waals surface area contributed by atoms with Crippen molar-refractivity contribution < 1.29 is 4.42 Å². The lowest BCUT2D eigenvalue weighted by atomic mass is 10.0. The van der Waals surface area contributed by atoms with E-state index in [-0.39, 0.29) is 11.7 Å². The molecule has 0 saturated carbocycles. The zero-order valence-electron chi connectivity index (χ0n) is 11.2. The minimum absolute atomic E-state index is 0.0414. The van der Waals surface area contributed by atoms with E-state index in [1.54, 1.807) is 6.26 Å².